The normalized spacial score (nSPS) is 10.2. The van der Waals surface area contributed by atoms with Gasteiger partial charge >= 0.3 is 5.97 Å². The van der Waals surface area contributed by atoms with Gasteiger partial charge in [-0.05, 0) is 25.1 Å². The van der Waals surface area contributed by atoms with Crippen LogP contribution in [0.3, 0.4) is 0 Å². The van der Waals surface area contributed by atoms with Gasteiger partial charge in [0.25, 0.3) is 0 Å². The average molecular weight is 287 g/mol. The predicted octanol–water partition coefficient (Wildman–Crippen LogP) is 2.73. The molecule has 21 heavy (non-hydrogen) atoms. The summed E-state index contributed by atoms with van der Waals surface area (Å²) in [6.07, 6.45) is 0. The molecule has 5 nitrogen and oxygen atoms in total. The maximum atomic E-state index is 11.8. The molecule has 2 aromatic rings. The van der Waals surface area contributed by atoms with E-state index in [1.807, 2.05) is 0 Å². The van der Waals surface area contributed by atoms with Gasteiger partial charge in [-0.3, -0.25) is 0 Å². The molecule has 0 saturated heterocycles. The monoisotopic (exact) mass is 287 g/mol. The number of hydrogen-bond donors (Lipinski definition) is 2. The smallest absolute Gasteiger partial charge is 0.340 e. The molecule has 0 aliphatic carbocycles. The fourth-order valence-electron chi connectivity index (χ4n) is 1.87. The number of nitrogens with two attached hydrogens (primary N) is 1. The second-order valence-electron chi connectivity index (χ2n) is 4.31. The topological polar surface area (TPSA) is 81.8 Å². The number of esters is 1. The molecule has 5 heteroatoms. The highest BCUT2D eigenvalue weighted by Gasteiger charge is 2.15. The fourth-order valence-corrected chi connectivity index (χ4v) is 1.87. The van der Waals surface area contributed by atoms with Gasteiger partial charge < -0.3 is 20.3 Å². The van der Waals surface area contributed by atoms with Crippen LogP contribution in [0.2, 0.25) is 0 Å². The molecule has 0 atom stereocenters. The summed E-state index contributed by atoms with van der Waals surface area (Å²) in [6.45, 7) is 1.86. The summed E-state index contributed by atoms with van der Waals surface area (Å²) in [5, 5.41) is 9.29. The number of aliphatic hydroxyl groups excluding tert-OH is 1. The molecule has 2 aromatic carbocycles. The molecule has 3 N–H and O–H groups in total. The van der Waals surface area contributed by atoms with Crippen LogP contribution in [-0.2, 0) is 11.3 Å². The Morgan fingerprint density at radius 2 is 1.86 bits per heavy atom. The van der Waals surface area contributed by atoms with E-state index in [1.54, 1.807) is 49.4 Å². The first-order valence-corrected chi connectivity index (χ1v) is 6.59. The van der Waals surface area contributed by atoms with Gasteiger partial charge in [0.2, 0.25) is 0 Å². The summed E-state index contributed by atoms with van der Waals surface area (Å²) in [7, 11) is 0. The van der Waals surface area contributed by atoms with Gasteiger partial charge in [0.15, 0.2) is 5.75 Å². The summed E-state index contributed by atoms with van der Waals surface area (Å²) >= 11 is 0. The van der Waals surface area contributed by atoms with E-state index in [1.165, 1.54) is 0 Å². The van der Waals surface area contributed by atoms with Crippen LogP contribution in [0.15, 0.2) is 42.5 Å². The molecule has 0 aromatic heterocycles. The molecule has 0 unspecified atom stereocenters. The van der Waals surface area contributed by atoms with E-state index in [4.69, 9.17) is 15.2 Å². The third-order valence-corrected chi connectivity index (χ3v) is 2.92. The number of ether oxygens (including phenoxy) is 2. The Balaban J connectivity index is 2.33. The van der Waals surface area contributed by atoms with Crippen LogP contribution in [-0.4, -0.2) is 17.7 Å². The molecular weight excluding hydrogens is 270 g/mol. The SMILES string of the molecule is CCOC(=O)c1cccc(Oc2ccccc2CO)c1N. The largest absolute Gasteiger partial charge is 0.462 e. The second kappa shape index (κ2) is 6.76. The number of carbonyl (C=O) groups excluding carboxylic acids is 1. The van der Waals surface area contributed by atoms with Crippen molar-refractivity contribution < 1.29 is 19.4 Å². The molecular formula is C16H17NO4. The first-order chi connectivity index (χ1) is 10.2. The number of para-hydroxylation sites is 2. The fraction of sp³-hybridized carbons (Fsp3) is 0.188. The zero-order chi connectivity index (χ0) is 15.2. The van der Waals surface area contributed by atoms with Crippen LogP contribution in [0.5, 0.6) is 11.5 Å². The molecule has 110 valence electrons. The van der Waals surface area contributed by atoms with Crippen molar-refractivity contribution in [3.63, 3.8) is 0 Å². The number of carbonyl (C=O) groups is 1. The maximum absolute atomic E-state index is 11.8. The zero-order valence-electron chi connectivity index (χ0n) is 11.7. The number of benzene rings is 2. The van der Waals surface area contributed by atoms with Crippen molar-refractivity contribution in [1.82, 2.24) is 0 Å². The number of hydrogen-bond acceptors (Lipinski definition) is 5. The van der Waals surface area contributed by atoms with E-state index in [2.05, 4.69) is 0 Å². The molecule has 0 bridgehead atoms. The molecule has 2 rings (SSSR count). The zero-order valence-corrected chi connectivity index (χ0v) is 11.7. The Morgan fingerprint density at radius 1 is 1.14 bits per heavy atom. The van der Waals surface area contributed by atoms with E-state index in [0.29, 0.717) is 17.1 Å². The molecule has 0 aliphatic heterocycles. The summed E-state index contributed by atoms with van der Waals surface area (Å²) in [5.74, 6) is 0.352. The minimum atomic E-state index is -0.490. The number of rotatable bonds is 5. The molecule has 0 radical (unpaired) electrons. The van der Waals surface area contributed by atoms with Crippen molar-refractivity contribution in [2.45, 2.75) is 13.5 Å². The van der Waals surface area contributed by atoms with E-state index in [-0.39, 0.29) is 24.5 Å². The Kier molecular flexibility index (Phi) is 4.79. The van der Waals surface area contributed by atoms with Gasteiger partial charge in [0.05, 0.1) is 24.5 Å². The van der Waals surface area contributed by atoms with E-state index >= 15 is 0 Å². The highest BCUT2D eigenvalue weighted by Crippen LogP contribution is 2.32. The van der Waals surface area contributed by atoms with Crippen molar-refractivity contribution in [3.05, 3.63) is 53.6 Å². The molecule has 0 fully saturated rings. The van der Waals surface area contributed by atoms with Gasteiger partial charge in [-0.2, -0.15) is 0 Å². The summed E-state index contributed by atoms with van der Waals surface area (Å²) in [6, 6.07) is 12.0. The van der Waals surface area contributed by atoms with Gasteiger partial charge in [-0.25, -0.2) is 4.79 Å². The molecule has 0 aliphatic rings. The lowest BCUT2D eigenvalue weighted by atomic mass is 10.1. The van der Waals surface area contributed by atoms with Gasteiger partial charge in [-0.1, -0.05) is 24.3 Å². The van der Waals surface area contributed by atoms with Crippen molar-refractivity contribution in [2.24, 2.45) is 0 Å². The summed E-state index contributed by atoms with van der Waals surface area (Å²) < 4.78 is 10.7. The average Bonchev–Trinajstić information content (AvgIpc) is 2.50. The Morgan fingerprint density at radius 3 is 2.57 bits per heavy atom. The molecule has 0 amide bonds. The second-order valence-corrected chi connectivity index (χ2v) is 4.31. The molecule has 0 heterocycles. The molecule has 0 spiro atoms. The highest BCUT2D eigenvalue weighted by atomic mass is 16.5. The van der Waals surface area contributed by atoms with Gasteiger partial charge in [-0.15, -0.1) is 0 Å². The highest BCUT2D eigenvalue weighted by molar-refractivity contribution is 5.96. The van der Waals surface area contributed by atoms with Crippen molar-refractivity contribution >= 4 is 11.7 Å². The number of anilines is 1. The van der Waals surface area contributed by atoms with E-state index in [0.717, 1.165) is 0 Å². The Hall–Kier alpha value is -2.53. The third kappa shape index (κ3) is 3.32. The van der Waals surface area contributed by atoms with E-state index in [9.17, 15) is 9.90 Å². The first kappa shape index (κ1) is 14.9. The lowest BCUT2D eigenvalue weighted by Gasteiger charge is -2.13. The van der Waals surface area contributed by atoms with Crippen molar-refractivity contribution in [3.8, 4) is 11.5 Å². The number of aliphatic hydroxyl groups is 1. The molecule has 0 saturated carbocycles. The lowest BCUT2D eigenvalue weighted by Crippen LogP contribution is -2.08. The Labute approximate surface area is 122 Å². The Bertz CT molecular complexity index is 640. The van der Waals surface area contributed by atoms with Crippen LogP contribution in [0, 0.1) is 0 Å². The third-order valence-electron chi connectivity index (χ3n) is 2.92. The lowest BCUT2D eigenvalue weighted by molar-refractivity contribution is 0.0527. The van der Waals surface area contributed by atoms with Gasteiger partial charge in [0.1, 0.15) is 5.75 Å². The van der Waals surface area contributed by atoms with Crippen molar-refractivity contribution in [2.75, 3.05) is 12.3 Å². The summed E-state index contributed by atoms with van der Waals surface area (Å²) in [4.78, 5) is 11.8. The van der Waals surface area contributed by atoms with Crippen molar-refractivity contribution in [1.29, 1.82) is 0 Å². The van der Waals surface area contributed by atoms with Crippen LogP contribution >= 0.6 is 0 Å². The van der Waals surface area contributed by atoms with E-state index < -0.39 is 5.97 Å². The van der Waals surface area contributed by atoms with Crippen LogP contribution in [0.1, 0.15) is 22.8 Å². The van der Waals surface area contributed by atoms with Crippen LogP contribution in [0.4, 0.5) is 5.69 Å². The first-order valence-electron chi connectivity index (χ1n) is 6.59. The maximum Gasteiger partial charge on any atom is 0.340 e. The minimum absolute atomic E-state index is 0.145. The van der Waals surface area contributed by atoms with Gasteiger partial charge in [0, 0.05) is 5.56 Å². The predicted molar refractivity (Wildman–Crippen MR) is 79.2 cm³/mol. The van der Waals surface area contributed by atoms with Crippen LogP contribution in [0.25, 0.3) is 0 Å². The quantitative estimate of drug-likeness (QED) is 0.652. The van der Waals surface area contributed by atoms with Crippen LogP contribution < -0.4 is 10.5 Å². The summed E-state index contributed by atoms with van der Waals surface area (Å²) in [5.41, 5.74) is 7.07. The number of nitrogen functional groups attached to an aromatic ring is 1. The standard InChI is InChI=1S/C16H17NO4/c1-2-20-16(19)12-7-5-9-14(15(12)17)21-13-8-4-3-6-11(13)10-18/h3-9,18H,2,10,17H2,1H3. The minimum Gasteiger partial charge on any atom is -0.462 e.